The molecular weight excluding hydrogens is 160 g/mol. The monoisotopic (exact) mass is 182 g/mol. The molecule has 0 aromatic heterocycles. The van der Waals surface area contributed by atoms with E-state index >= 15 is 0 Å². The van der Waals surface area contributed by atoms with Crippen LogP contribution < -0.4 is 0 Å². The second kappa shape index (κ2) is 4.00. The van der Waals surface area contributed by atoms with Gasteiger partial charge in [-0.2, -0.15) is 0 Å². The van der Waals surface area contributed by atoms with Crippen molar-refractivity contribution in [2.75, 3.05) is 7.11 Å². The van der Waals surface area contributed by atoms with Gasteiger partial charge in [-0.05, 0) is 37.0 Å². The van der Waals surface area contributed by atoms with Gasteiger partial charge in [-0.3, -0.25) is 0 Å². The Balaban J connectivity index is 1.94. The van der Waals surface area contributed by atoms with Gasteiger partial charge in [-0.1, -0.05) is 26.2 Å². The minimum Gasteiger partial charge on any atom is -0.381 e. The SMILES string of the molecule is COC(C1CC1)C1CCCCC1C. The van der Waals surface area contributed by atoms with Crippen LogP contribution in [0.15, 0.2) is 0 Å². The first-order chi connectivity index (χ1) is 6.33. The van der Waals surface area contributed by atoms with E-state index in [9.17, 15) is 0 Å². The first-order valence-electron chi connectivity index (χ1n) is 5.85. The molecule has 13 heavy (non-hydrogen) atoms. The number of methoxy groups -OCH3 is 1. The molecule has 0 spiro atoms. The van der Waals surface area contributed by atoms with E-state index in [-0.39, 0.29) is 0 Å². The second-order valence-electron chi connectivity index (χ2n) is 4.96. The smallest absolute Gasteiger partial charge is 0.0630 e. The van der Waals surface area contributed by atoms with E-state index < -0.39 is 0 Å². The summed E-state index contributed by atoms with van der Waals surface area (Å²) in [6.45, 7) is 2.41. The summed E-state index contributed by atoms with van der Waals surface area (Å²) in [6.07, 6.45) is 9.15. The van der Waals surface area contributed by atoms with Gasteiger partial charge in [-0.25, -0.2) is 0 Å². The van der Waals surface area contributed by atoms with Crippen LogP contribution >= 0.6 is 0 Å². The average molecular weight is 182 g/mol. The van der Waals surface area contributed by atoms with Crippen LogP contribution in [0, 0.1) is 17.8 Å². The molecule has 1 heteroatoms. The zero-order valence-electron chi connectivity index (χ0n) is 8.96. The Hall–Kier alpha value is -0.0400. The van der Waals surface area contributed by atoms with Gasteiger partial charge in [-0.15, -0.1) is 0 Å². The van der Waals surface area contributed by atoms with Crippen LogP contribution in [0.2, 0.25) is 0 Å². The summed E-state index contributed by atoms with van der Waals surface area (Å²) >= 11 is 0. The molecule has 0 N–H and O–H groups in total. The van der Waals surface area contributed by atoms with Gasteiger partial charge in [0.05, 0.1) is 6.10 Å². The fourth-order valence-corrected chi connectivity index (χ4v) is 2.97. The molecule has 3 atom stereocenters. The van der Waals surface area contributed by atoms with Crippen LogP contribution in [-0.4, -0.2) is 13.2 Å². The van der Waals surface area contributed by atoms with E-state index in [1.165, 1.54) is 38.5 Å². The number of ether oxygens (including phenoxy) is 1. The molecule has 2 fully saturated rings. The zero-order chi connectivity index (χ0) is 9.26. The zero-order valence-corrected chi connectivity index (χ0v) is 8.96. The Kier molecular flexibility index (Phi) is 2.92. The highest BCUT2D eigenvalue weighted by Crippen LogP contribution is 2.43. The molecule has 76 valence electrons. The van der Waals surface area contributed by atoms with Crippen molar-refractivity contribution in [1.82, 2.24) is 0 Å². The number of rotatable bonds is 3. The van der Waals surface area contributed by atoms with Crippen LogP contribution in [0.3, 0.4) is 0 Å². The maximum atomic E-state index is 5.68. The quantitative estimate of drug-likeness (QED) is 0.651. The van der Waals surface area contributed by atoms with Crippen LogP contribution in [0.25, 0.3) is 0 Å². The average Bonchev–Trinajstić information content (AvgIpc) is 2.93. The Bertz CT molecular complexity index is 163. The van der Waals surface area contributed by atoms with Crippen molar-refractivity contribution in [3.05, 3.63) is 0 Å². The molecular formula is C12H22O. The van der Waals surface area contributed by atoms with E-state index in [1.807, 2.05) is 7.11 Å². The lowest BCUT2D eigenvalue weighted by Gasteiger charge is -2.34. The molecule has 0 aromatic carbocycles. The maximum Gasteiger partial charge on any atom is 0.0630 e. The van der Waals surface area contributed by atoms with Gasteiger partial charge >= 0.3 is 0 Å². The molecule has 0 saturated heterocycles. The summed E-state index contributed by atoms with van der Waals surface area (Å²) in [7, 11) is 1.91. The Morgan fingerprint density at radius 3 is 2.31 bits per heavy atom. The van der Waals surface area contributed by atoms with Crippen molar-refractivity contribution in [3.63, 3.8) is 0 Å². The van der Waals surface area contributed by atoms with E-state index in [0.717, 1.165) is 17.8 Å². The largest absolute Gasteiger partial charge is 0.381 e. The summed E-state index contributed by atoms with van der Waals surface area (Å²) < 4.78 is 5.68. The lowest BCUT2D eigenvalue weighted by molar-refractivity contribution is -0.000917. The first kappa shape index (κ1) is 9.51. The maximum absolute atomic E-state index is 5.68. The Labute approximate surface area is 81.9 Å². The van der Waals surface area contributed by atoms with Crippen molar-refractivity contribution < 1.29 is 4.74 Å². The van der Waals surface area contributed by atoms with Crippen molar-refractivity contribution in [2.45, 2.75) is 51.6 Å². The van der Waals surface area contributed by atoms with Gasteiger partial charge in [0.2, 0.25) is 0 Å². The molecule has 0 radical (unpaired) electrons. The fraction of sp³-hybridized carbons (Fsp3) is 1.00. The van der Waals surface area contributed by atoms with E-state index in [2.05, 4.69) is 6.92 Å². The van der Waals surface area contributed by atoms with Crippen LogP contribution in [0.4, 0.5) is 0 Å². The van der Waals surface area contributed by atoms with Crippen molar-refractivity contribution in [1.29, 1.82) is 0 Å². The highest BCUT2D eigenvalue weighted by atomic mass is 16.5. The summed E-state index contributed by atoms with van der Waals surface area (Å²) in [5.41, 5.74) is 0. The second-order valence-corrected chi connectivity index (χ2v) is 4.96. The lowest BCUT2D eigenvalue weighted by Crippen LogP contribution is -2.32. The van der Waals surface area contributed by atoms with Gasteiger partial charge in [0, 0.05) is 7.11 Å². The van der Waals surface area contributed by atoms with Gasteiger partial charge in [0.15, 0.2) is 0 Å². The molecule has 0 heterocycles. The molecule has 2 aliphatic carbocycles. The third-order valence-electron chi connectivity index (χ3n) is 3.96. The van der Waals surface area contributed by atoms with Crippen molar-refractivity contribution in [2.24, 2.45) is 17.8 Å². The third-order valence-corrected chi connectivity index (χ3v) is 3.96. The van der Waals surface area contributed by atoms with Gasteiger partial charge in [0.25, 0.3) is 0 Å². The van der Waals surface area contributed by atoms with Crippen LogP contribution in [-0.2, 0) is 4.74 Å². The summed E-state index contributed by atoms with van der Waals surface area (Å²) in [5, 5.41) is 0. The van der Waals surface area contributed by atoms with E-state index in [1.54, 1.807) is 0 Å². The molecule has 0 aliphatic heterocycles. The van der Waals surface area contributed by atoms with Crippen molar-refractivity contribution in [3.8, 4) is 0 Å². The van der Waals surface area contributed by atoms with E-state index in [0.29, 0.717) is 6.10 Å². The molecule has 0 aromatic rings. The molecule has 0 bridgehead atoms. The van der Waals surface area contributed by atoms with Crippen molar-refractivity contribution >= 4 is 0 Å². The van der Waals surface area contributed by atoms with Crippen LogP contribution in [0.1, 0.15) is 45.4 Å². The molecule has 0 amide bonds. The minimum atomic E-state index is 0.593. The summed E-state index contributed by atoms with van der Waals surface area (Å²) in [5.74, 6) is 2.68. The summed E-state index contributed by atoms with van der Waals surface area (Å²) in [4.78, 5) is 0. The molecule has 2 saturated carbocycles. The molecule has 1 nitrogen and oxygen atoms in total. The Morgan fingerprint density at radius 2 is 1.77 bits per heavy atom. The van der Waals surface area contributed by atoms with Gasteiger partial charge in [0.1, 0.15) is 0 Å². The highest BCUT2D eigenvalue weighted by Gasteiger charge is 2.39. The predicted molar refractivity (Wildman–Crippen MR) is 54.6 cm³/mol. The fourth-order valence-electron chi connectivity index (χ4n) is 2.97. The topological polar surface area (TPSA) is 9.23 Å². The van der Waals surface area contributed by atoms with Crippen LogP contribution in [0.5, 0.6) is 0 Å². The number of hydrogen-bond donors (Lipinski definition) is 0. The highest BCUT2D eigenvalue weighted by molar-refractivity contribution is 4.89. The lowest BCUT2D eigenvalue weighted by atomic mass is 9.76. The van der Waals surface area contributed by atoms with E-state index in [4.69, 9.17) is 4.74 Å². The summed E-state index contributed by atoms with van der Waals surface area (Å²) in [6, 6.07) is 0. The first-order valence-corrected chi connectivity index (χ1v) is 5.85. The number of hydrogen-bond acceptors (Lipinski definition) is 1. The molecule has 2 aliphatic rings. The molecule has 2 rings (SSSR count). The minimum absolute atomic E-state index is 0.593. The normalized spacial score (nSPS) is 37.4. The molecule has 3 unspecified atom stereocenters. The standard InChI is InChI=1S/C12H22O/c1-9-5-3-4-6-11(9)12(13-2)10-7-8-10/h9-12H,3-8H2,1-2H3. The van der Waals surface area contributed by atoms with Gasteiger partial charge < -0.3 is 4.74 Å². The Morgan fingerprint density at radius 1 is 1.08 bits per heavy atom. The predicted octanol–water partition coefficient (Wildman–Crippen LogP) is 3.24. The third kappa shape index (κ3) is 2.07.